The van der Waals surface area contributed by atoms with Crippen LogP contribution < -0.4 is 14.3 Å². The fourth-order valence-corrected chi connectivity index (χ4v) is 5.92. The summed E-state index contributed by atoms with van der Waals surface area (Å²) in [5.74, 6) is 0.418. The smallest absolute Gasteiger partial charge is 0.513 e. The van der Waals surface area contributed by atoms with E-state index < -0.39 is 8.07 Å². The van der Waals surface area contributed by atoms with Gasteiger partial charge in [0.1, 0.15) is 11.5 Å². The third-order valence-electron chi connectivity index (χ3n) is 6.76. The minimum atomic E-state index is -1.58. The normalized spacial score (nSPS) is 11.7. The van der Waals surface area contributed by atoms with Crippen molar-refractivity contribution in [3.8, 4) is 22.9 Å². The summed E-state index contributed by atoms with van der Waals surface area (Å²) in [7, 11) is -1.58. The van der Waals surface area contributed by atoms with Gasteiger partial charge in [-0.2, -0.15) is 0 Å². The molecule has 0 aliphatic rings. The van der Waals surface area contributed by atoms with Gasteiger partial charge < -0.3 is 19.3 Å². The number of para-hydroxylation sites is 6. The molecule has 192 valence electrons. The number of rotatable bonds is 5. The largest absolute Gasteiger partial charge is 2.00 e. The monoisotopic (exact) mass is 699 g/mol. The van der Waals surface area contributed by atoms with Crippen LogP contribution in [-0.4, -0.2) is 27.4 Å². The maximum Gasteiger partial charge on any atom is 2.00 e. The molecular weight excluding hydrogens is 672 g/mol. The van der Waals surface area contributed by atoms with Crippen molar-refractivity contribution in [2.75, 3.05) is 0 Å². The van der Waals surface area contributed by atoms with Crippen LogP contribution in [0.25, 0.3) is 33.4 Å². The Morgan fingerprint density at radius 1 is 0.737 bits per heavy atom. The summed E-state index contributed by atoms with van der Waals surface area (Å²) < 4.78 is 7.88. The molecule has 0 spiro atoms. The first-order valence-electron chi connectivity index (χ1n) is 12.3. The summed E-state index contributed by atoms with van der Waals surface area (Å²) >= 11 is 0. The maximum atomic E-state index is 10.8. The minimum Gasteiger partial charge on any atom is -0.513 e. The van der Waals surface area contributed by atoms with E-state index in [2.05, 4.69) is 44.4 Å². The third-order valence-corrected chi connectivity index (χ3v) is 8.80. The number of phenols is 2. The van der Waals surface area contributed by atoms with Crippen molar-refractivity contribution < 1.29 is 40.4 Å². The van der Waals surface area contributed by atoms with Gasteiger partial charge >= 0.3 is 21.1 Å². The number of aromatic hydroxyl groups is 2. The van der Waals surface area contributed by atoms with Gasteiger partial charge in [0.2, 0.25) is 12.7 Å². The van der Waals surface area contributed by atoms with Crippen LogP contribution in [0.5, 0.6) is 11.5 Å². The van der Waals surface area contributed by atoms with E-state index >= 15 is 0 Å². The molecule has 6 rings (SSSR count). The van der Waals surface area contributed by atoms with Crippen LogP contribution in [0.3, 0.4) is 0 Å². The number of aromatic nitrogens is 4. The summed E-state index contributed by atoms with van der Waals surface area (Å²) in [6, 6.07) is 29.3. The number of hydrogen-bond donors (Lipinski definition) is 2. The van der Waals surface area contributed by atoms with Crippen LogP contribution >= 0.6 is 0 Å². The molecule has 0 amide bonds. The van der Waals surface area contributed by atoms with Crippen molar-refractivity contribution in [3.63, 3.8) is 0 Å². The second-order valence-corrected chi connectivity index (χ2v) is 15.4. The van der Waals surface area contributed by atoms with Gasteiger partial charge in [-0.25, -0.2) is 0 Å². The molecule has 0 atom stereocenters. The molecule has 0 fully saturated rings. The van der Waals surface area contributed by atoms with Crippen molar-refractivity contribution in [2.45, 2.75) is 26.3 Å². The summed E-state index contributed by atoms with van der Waals surface area (Å²) in [6.45, 7) is 7.35. The summed E-state index contributed by atoms with van der Waals surface area (Å²) in [5.41, 5.74) is 5.25. The van der Waals surface area contributed by atoms with E-state index in [1.165, 1.54) is 5.19 Å². The quantitative estimate of drug-likeness (QED) is 0.161. The van der Waals surface area contributed by atoms with Crippen molar-refractivity contribution in [1.82, 2.24) is 9.13 Å². The van der Waals surface area contributed by atoms with Gasteiger partial charge in [-0.15, -0.1) is 0 Å². The van der Waals surface area contributed by atoms with E-state index in [9.17, 15) is 10.2 Å². The average molecular weight is 700 g/mol. The molecule has 0 radical (unpaired) electrons. The second-order valence-electron chi connectivity index (χ2n) is 10.3. The fourth-order valence-electron chi connectivity index (χ4n) is 4.77. The van der Waals surface area contributed by atoms with Gasteiger partial charge in [0.25, 0.3) is 0 Å². The van der Waals surface area contributed by atoms with Gasteiger partial charge in [-0.3, -0.25) is 9.13 Å². The number of imidazole rings is 2. The third kappa shape index (κ3) is 4.46. The molecule has 8 heteroatoms. The van der Waals surface area contributed by atoms with Crippen molar-refractivity contribution in [3.05, 3.63) is 104 Å². The first-order chi connectivity index (χ1) is 17.8. The Labute approximate surface area is 236 Å². The standard InChI is InChI=1S/C30H28N4O2Si.Pt/c1-37(2,3)22-16-17-30(36)28(18-22)34-21-32(24-11-5-7-13-26(24)34)19-31-20-33(25-12-6-4-10-23(25)31)27-14-8-9-15-29(27)35;/h4-18,35-36H,19H2,1-3H3;/q;+2. The predicted molar refractivity (Wildman–Crippen MR) is 146 cm³/mol. The number of hydrogen-bond acceptors (Lipinski definition) is 2. The van der Waals surface area contributed by atoms with Crippen molar-refractivity contribution in [2.24, 2.45) is 0 Å². The number of phenolic OH excluding ortho intramolecular Hbond substituents is 2. The Morgan fingerprint density at radius 2 is 1.39 bits per heavy atom. The number of benzene rings is 4. The van der Waals surface area contributed by atoms with Crippen LogP contribution in [0.4, 0.5) is 0 Å². The first kappa shape index (κ1) is 26.0. The van der Waals surface area contributed by atoms with Gasteiger partial charge in [-0.05, 0) is 12.1 Å². The molecule has 2 N–H and O–H groups in total. The van der Waals surface area contributed by atoms with E-state index in [4.69, 9.17) is 0 Å². The van der Waals surface area contributed by atoms with E-state index in [0.29, 0.717) is 12.4 Å². The number of nitrogens with zero attached hydrogens (tertiary/aromatic N) is 4. The van der Waals surface area contributed by atoms with Crippen LogP contribution in [0, 0.1) is 12.7 Å². The molecule has 0 unspecified atom stereocenters. The van der Waals surface area contributed by atoms with Crippen LogP contribution in [0.2, 0.25) is 19.6 Å². The topological polar surface area (TPSA) is 58.1 Å². The van der Waals surface area contributed by atoms with Gasteiger partial charge in [0, 0.05) is 0 Å². The van der Waals surface area contributed by atoms with Crippen LogP contribution in [0.15, 0.2) is 91.0 Å². The molecule has 6 nitrogen and oxygen atoms in total. The van der Waals surface area contributed by atoms with Crippen LogP contribution in [-0.2, 0) is 27.7 Å². The molecule has 0 saturated carbocycles. The molecule has 0 bridgehead atoms. The Balaban J connectivity index is 0.00000294. The van der Waals surface area contributed by atoms with E-state index in [1.807, 2.05) is 85.0 Å². The van der Waals surface area contributed by atoms with Crippen molar-refractivity contribution >= 4 is 35.3 Å². The zero-order valence-electron chi connectivity index (χ0n) is 21.4. The summed E-state index contributed by atoms with van der Waals surface area (Å²) in [6.07, 6.45) is 6.92. The molecule has 38 heavy (non-hydrogen) atoms. The SMILES string of the molecule is C[Si](C)(C)c1ccc(O)c(-[n+]2[c-]n(C[n+]3[c-]n(-c4ccccc4O)c4ccccc43)c3ccccc32)c1.[Pt+2]. The Morgan fingerprint density at radius 3 is 2.13 bits per heavy atom. The van der Waals surface area contributed by atoms with Gasteiger partial charge in [0.05, 0.1) is 41.5 Å². The molecule has 2 aromatic heterocycles. The Bertz CT molecular complexity index is 1790. The zero-order valence-corrected chi connectivity index (χ0v) is 24.6. The minimum absolute atomic E-state index is 0. The van der Waals surface area contributed by atoms with Crippen LogP contribution in [0.1, 0.15) is 0 Å². The Kier molecular flexibility index (Phi) is 6.76. The molecule has 6 aromatic rings. The van der Waals surface area contributed by atoms with Crippen molar-refractivity contribution in [1.29, 1.82) is 0 Å². The zero-order chi connectivity index (χ0) is 25.7. The molecule has 0 aliphatic carbocycles. The fraction of sp³-hybridized carbons (Fsp3) is 0.133. The predicted octanol–water partition coefficient (Wildman–Crippen LogP) is 4.21. The van der Waals surface area contributed by atoms with E-state index in [1.54, 1.807) is 12.1 Å². The van der Waals surface area contributed by atoms with E-state index in [0.717, 1.165) is 27.8 Å². The van der Waals surface area contributed by atoms with Gasteiger partial charge in [0.15, 0.2) is 6.67 Å². The molecule has 2 heterocycles. The average Bonchev–Trinajstić information content (AvgIpc) is 3.43. The molecule has 0 aliphatic heterocycles. The van der Waals surface area contributed by atoms with Gasteiger partial charge in [-0.1, -0.05) is 104 Å². The van der Waals surface area contributed by atoms with E-state index in [-0.39, 0.29) is 32.6 Å². The first-order valence-corrected chi connectivity index (χ1v) is 15.8. The second kappa shape index (κ2) is 9.89. The summed E-state index contributed by atoms with van der Waals surface area (Å²) in [5, 5.41) is 22.6. The Hall–Kier alpha value is -3.67. The summed E-state index contributed by atoms with van der Waals surface area (Å²) in [4.78, 5) is 0. The molecule has 4 aromatic carbocycles. The number of fused-ring (bicyclic) bond motifs is 2. The molecular formula is C30H28N4O2PtSi+2. The molecule has 0 saturated heterocycles. The maximum absolute atomic E-state index is 10.8.